The molecule has 24 heavy (non-hydrogen) atoms. The number of carbonyl (C=O) groups is 2. The number of hydrogen-bond acceptors (Lipinski definition) is 3. The normalized spacial score (nSPS) is 12.2. The number of amides is 1. The van der Waals surface area contributed by atoms with Crippen LogP contribution in [0.1, 0.15) is 32.6 Å². The average Bonchev–Trinajstić information content (AvgIpc) is 2.90. The molecule has 0 aliphatic rings. The molecule has 128 valence electrons. The second-order valence-corrected chi connectivity index (χ2v) is 6.15. The third-order valence-electron chi connectivity index (χ3n) is 3.91. The molecule has 1 aromatic heterocycles. The Kier molecular flexibility index (Phi) is 5.64. The minimum absolute atomic E-state index is 0.0228. The Morgan fingerprint density at radius 2 is 1.75 bits per heavy atom. The number of nitrogens with zero attached hydrogens (tertiary/aromatic N) is 2. The van der Waals surface area contributed by atoms with Gasteiger partial charge >= 0.3 is 5.97 Å². The smallest absolute Gasteiger partial charge is 0.352 e. The Morgan fingerprint density at radius 3 is 2.25 bits per heavy atom. The van der Waals surface area contributed by atoms with Crippen LogP contribution in [-0.2, 0) is 7.05 Å². The Bertz CT molecular complexity index is 738. The lowest BCUT2D eigenvalue weighted by molar-refractivity contribution is 0.0686. The lowest BCUT2D eigenvalue weighted by atomic mass is 10.1. The molecule has 0 spiro atoms. The minimum atomic E-state index is -1.07. The van der Waals surface area contributed by atoms with Crippen molar-refractivity contribution in [1.82, 2.24) is 14.8 Å². The number of likely N-dealkylation sites (N-methyl/N-ethyl adjacent to an activating group) is 1. The van der Waals surface area contributed by atoms with Crippen molar-refractivity contribution in [1.29, 1.82) is 0 Å². The van der Waals surface area contributed by atoms with Gasteiger partial charge in [0.1, 0.15) is 11.4 Å². The van der Waals surface area contributed by atoms with E-state index >= 15 is 0 Å². The lowest BCUT2D eigenvalue weighted by Crippen LogP contribution is -2.35. The van der Waals surface area contributed by atoms with E-state index in [9.17, 15) is 9.59 Å². The fourth-order valence-corrected chi connectivity index (χ4v) is 2.64. The number of carbonyl (C=O) groups excluding carboxylic acids is 1. The number of carboxylic acid groups (broad SMARTS) is 1. The van der Waals surface area contributed by atoms with Crippen LogP contribution in [0.4, 0.5) is 0 Å². The Labute approximate surface area is 145 Å². The molecule has 2 rings (SSSR count). The summed E-state index contributed by atoms with van der Waals surface area (Å²) in [5.74, 6) is -1.38. The highest BCUT2D eigenvalue weighted by molar-refractivity contribution is 6.30. The third-order valence-corrected chi connectivity index (χ3v) is 4.16. The largest absolute Gasteiger partial charge is 0.477 e. The van der Waals surface area contributed by atoms with E-state index in [1.54, 1.807) is 7.05 Å². The van der Waals surface area contributed by atoms with Gasteiger partial charge in [0.05, 0.1) is 6.04 Å². The number of aromatic carboxylic acids is 1. The monoisotopic (exact) mass is 349 g/mol. The van der Waals surface area contributed by atoms with E-state index in [2.05, 4.69) is 5.32 Å². The number of hydrogen-bond donors (Lipinski definition) is 2. The highest BCUT2D eigenvalue weighted by Gasteiger charge is 2.19. The molecule has 0 aliphatic carbocycles. The number of nitrogens with one attached hydrogen (secondary N) is 1. The molecule has 1 amide bonds. The van der Waals surface area contributed by atoms with Crippen LogP contribution in [0.15, 0.2) is 36.4 Å². The second-order valence-electron chi connectivity index (χ2n) is 5.71. The molecule has 0 fully saturated rings. The van der Waals surface area contributed by atoms with Crippen LogP contribution >= 0.6 is 11.6 Å². The summed E-state index contributed by atoms with van der Waals surface area (Å²) in [4.78, 5) is 25.4. The topological polar surface area (TPSA) is 74.6 Å². The van der Waals surface area contributed by atoms with E-state index in [0.29, 0.717) is 17.3 Å². The summed E-state index contributed by atoms with van der Waals surface area (Å²) in [6.07, 6.45) is 0. The van der Waals surface area contributed by atoms with Crippen molar-refractivity contribution in [2.45, 2.75) is 6.04 Å². The molecule has 0 aliphatic heterocycles. The molecule has 7 heteroatoms. The molecule has 1 aromatic carbocycles. The van der Waals surface area contributed by atoms with Gasteiger partial charge in [0, 0.05) is 18.6 Å². The van der Waals surface area contributed by atoms with Crippen molar-refractivity contribution in [2.24, 2.45) is 7.05 Å². The van der Waals surface area contributed by atoms with E-state index in [4.69, 9.17) is 16.7 Å². The zero-order chi connectivity index (χ0) is 17.9. The molecule has 2 N–H and O–H groups in total. The lowest BCUT2D eigenvalue weighted by Gasteiger charge is -2.25. The van der Waals surface area contributed by atoms with Crippen molar-refractivity contribution in [3.05, 3.63) is 58.4 Å². The van der Waals surface area contributed by atoms with Crippen LogP contribution in [0.2, 0.25) is 5.02 Å². The number of carboxylic acids is 1. The van der Waals surface area contributed by atoms with Gasteiger partial charge in [-0.3, -0.25) is 4.79 Å². The molecule has 1 atom stereocenters. The van der Waals surface area contributed by atoms with E-state index < -0.39 is 5.97 Å². The molecule has 0 saturated heterocycles. The summed E-state index contributed by atoms with van der Waals surface area (Å²) < 4.78 is 1.37. The Balaban J connectivity index is 2.11. The number of rotatable bonds is 6. The molecule has 2 aromatic rings. The first kappa shape index (κ1) is 18.0. The van der Waals surface area contributed by atoms with E-state index in [1.165, 1.54) is 16.7 Å². The molecule has 0 saturated carbocycles. The molecule has 1 unspecified atom stereocenters. The van der Waals surface area contributed by atoms with Crippen molar-refractivity contribution in [3.8, 4) is 0 Å². The SMILES string of the molecule is CN(C)C(CNC(=O)c1ccc(C(=O)O)n1C)c1ccc(Cl)cc1. The van der Waals surface area contributed by atoms with Crippen LogP contribution in [0.5, 0.6) is 0 Å². The van der Waals surface area contributed by atoms with Crippen LogP contribution < -0.4 is 5.32 Å². The van der Waals surface area contributed by atoms with Crippen LogP contribution in [0, 0.1) is 0 Å². The standard InChI is InChI=1S/C17H20ClN3O3/c1-20(2)15(11-4-6-12(18)7-5-11)10-19-16(22)13-8-9-14(17(23)24)21(13)3/h4-9,15H,10H2,1-3H3,(H,19,22)(H,23,24). The zero-order valence-corrected chi connectivity index (χ0v) is 14.5. The summed E-state index contributed by atoms with van der Waals surface area (Å²) in [5, 5.41) is 12.6. The molecule has 0 radical (unpaired) electrons. The first-order valence-corrected chi connectivity index (χ1v) is 7.78. The summed E-state index contributed by atoms with van der Waals surface area (Å²) in [6.45, 7) is 0.390. The van der Waals surface area contributed by atoms with E-state index in [1.807, 2.05) is 43.3 Å². The van der Waals surface area contributed by atoms with Crippen molar-refractivity contribution >= 4 is 23.5 Å². The first-order valence-electron chi connectivity index (χ1n) is 7.40. The Hall–Kier alpha value is -2.31. The van der Waals surface area contributed by atoms with Crippen molar-refractivity contribution in [2.75, 3.05) is 20.6 Å². The first-order chi connectivity index (χ1) is 11.3. The minimum Gasteiger partial charge on any atom is -0.477 e. The van der Waals surface area contributed by atoms with Gasteiger partial charge in [0.15, 0.2) is 0 Å². The van der Waals surface area contributed by atoms with Crippen molar-refractivity contribution in [3.63, 3.8) is 0 Å². The quantitative estimate of drug-likeness (QED) is 0.839. The van der Waals surface area contributed by atoms with E-state index in [-0.39, 0.29) is 17.6 Å². The van der Waals surface area contributed by atoms with Crippen molar-refractivity contribution < 1.29 is 14.7 Å². The predicted molar refractivity (Wildman–Crippen MR) is 92.6 cm³/mol. The Morgan fingerprint density at radius 1 is 1.17 bits per heavy atom. The molecule has 6 nitrogen and oxygen atoms in total. The predicted octanol–water partition coefficient (Wildman–Crippen LogP) is 2.41. The van der Waals surface area contributed by atoms with Crippen LogP contribution in [0.3, 0.4) is 0 Å². The number of halogens is 1. The van der Waals surface area contributed by atoms with E-state index in [0.717, 1.165) is 5.56 Å². The van der Waals surface area contributed by atoms with Gasteiger partial charge in [0.25, 0.3) is 5.91 Å². The van der Waals surface area contributed by atoms with Crippen LogP contribution in [0.25, 0.3) is 0 Å². The maximum absolute atomic E-state index is 12.3. The average molecular weight is 350 g/mol. The molecular formula is C17H20ClN3O3. The summed E-state index contributed by atoms with van der Waals surface area (Å²) >= 11 is 5.91. The second kappa shape index (κ2) is 7.51. The summed E-state index contributed by atoms with van der Waals surface area (Å²) in [7, 11) is 5.41. The number of benzene rings is 1. The van der Waals surface area contributed by atoms with Gasteiger partial charge in [-0.25, -0.2) is 4.79 Å². The molecule has 1 heterocycles. The fraction of sp³-hybridized carbons (Fsp3) is 0.294. The van der Waals surface area contributed by atoms with Gasteiger partial charge in [-0.1, -0.05) is 23.7 Å². The fourth-order valence-electron chi connectivity index (χ4n) is 2.52. The molecule has 0 bridgehead atoms. The maximum Gasteiger partial charge on any atom is 0.352 e. The summed E-state index contributed by atoms with van der Waals surface area (Å²) in [5.41, 5.74) is 1.41. The summed E-state index contributed by atoms with van der Waals surface area (Å²) in [6, 6.07) is 10.4. The number of aromatic nitrogens is 1. The zero-order valence-electron chi connectivity index (χ0n) is 13.8. The highest BCUT2D eigenvalue weighted by Crippen LogP contribution is 2.20. The van der Waals surface area contributed by atoms with Gasteiger partial charge in [-0.05, 0) is 43.9 Å². The van der Waals surface area contributed by atoms with Gasteiger partial charge < -0.3 is 19.9 Å². The van der Waals surface area contributed by atoms with Gasteiger partial charge in [-0.2, -0.15) is 0 Å². The molecular weight excluding hydrogens is 330 g/mol. The highest BCUT2D eigenvalue weighted by atomic mass is 35.5. The van der Waals surface area contributed by atoms with Crippen LogP contribution in [-0.4, -0.2) is 47.1 Å². The third kappa shape index (κ3) is 3.96. The maximum atomic E-state index is 12.3. The van der Waals surface area contributed by atoms with Gasteiger partial charge in [-0.15, -0.1) is 0 Å². The van der Waals surface area contributed by atoms with Gasteiger partial charge in [0.2, 0.25) is 0 Å².